The zero-order valence-corrected chi connectivity index (χ0v) is 17.8. The van der Waals surface area contributed by atoms with Crippen molar-refractivity contribution in [1.29, 1.82) is 0 Å². The molecular weight excluding hydrogens is 392 g/mol. The maximum Gasteiger partial charge on any atom is 0.407 e. The number of oxime groups is 1. The molecule has 0 aliphatic carbocycles. The quantitative estimate of drug-likeness (QED) is 0.195. The van der Waals surface area contributed by atoms with Crippen molar-refractivity contribution in [2.75, 3.05) is 6.61 Å². The van der Waals surface area contributed by atoms with Crippen molar-refractivity contribution in [3.05, 3.63) is 35.9 Å². The van der Waals surface area contributed by atoms with Crippen molar-refractivity contribution in [3.63, 3.8) is 0 Å². The maximum absolute atomic E-state index is 12.3. The number of hydrogen-bond donors (Lipinski definition) is 2. The Labute approximate surface area is 176 Å². The summed E-state index contributed by atoms with van der Waals surface area (Å²) in [6, 6.07) is 8.35. The normalized spacial score (nSPS) is 12.6. The fourth-order valence-corrected chi connectivity index (χ4v) is 2.46. The Morgan fingerprint density at radius 2 is 1.73 bits per heavy atom. The van der Waals surface area contributed by atoms with E-state index in [0.29, 0.717) is 0 Å². The Hall–Kier alpha value is -3.10. The van der Waals surface area contributed by atoms with E-state index in [1.54, 1.807) is 27.7 Å². The molecule has 0 bridgehead atoms. The van der Waals surface area contributed by atoms with Gasteiger partial charge in [-0.3, -0.25) is 9.59 Å². The lowest BCUT2D eigenvalue weighted by Gasteiger charge is -2.23. The first-order valence-electron chi connectivity index (χ1n) is 9.67. The van der Waals surface area contributed by atoms with E-state index in [2.05, 4.69) is 10.5 Å². The van der Waals surface area contributed by atoms with Gasteiger partial charge in [0, 0.05) is 12.5 Å². The second-order valence-corrected chi connectivity index (χ2v) is 7.55. The molecule has 2 N–H and O–H groups in total. The van der Waals surface area contributed by atoms with Gasteiger partial charge in [-0.05, 0) is 33.3 Å². The van der Waals surface area contributed by atoms with Gasteiger partial charge in [0.05, 0.1) is 25.2 Å². The molecule has 1 aromatic carbocycles. The van der Waals surface area contributed by atoms with E-state index < -0.39 is 29.7 Å². The van der Waals surface area contributed by atoms with Crippen molar-refractivity contribution in [2.24, 2.45) is 5.16 Å². The van der Waals surface area contributed by atoms with Crippen molar-refractivity contribution < 1.29 is 33.8 Å². The fraction of sp³-hybridized carbons (Fsp3) is 0.524. The molecule has 1 atom stereocenters. The number of ether oxygens (including phenoxy) is 3. The second kappa shape index (κ2) is 12.5. The first kappa shape index (κ1) is 24.9. The highest BCUT2D eigenvalue weighted by Gasteiger charge is 2.24. The standard InChI is InChI=1S/C21H30N2O7/c1-5-28-18(24)13-17(23-27)11-16(22-20(26)30-21(2,3)4)12-19(25)29-14-15-9-7-6-8-10-15/h6-10,16,27H,5,11-14H2,1-4H3,(H,22,26)/b23-17-/t16-/m0/s1. The summed E-state index contributed by atoms with van der Waals surface area (Å²) in [6.45, 7) is 7.04. The summed E-state index contributed by atoms with van der Waals surface area (Å²) in [4.78, 5) is 36.1. The molecule has 0 fully saturated rings. The molecule has 0 aromatic heterocycles. The van der Waals surface area contributed by atoms with Crippen molar-refractivity contribution in [3.8, 4) is 0 Å². The van der Waals surface area contributed by atoms with Gasteiger partial charge in [-0.1, -0.05) is 35.5 Å². The Morgan fingerprint density at radius 3 is 2.30 bits per heavy atom. The molecule has 0 unspecified atom stereocenters. The predicted octanol–water partition coefficient (Wildman–Crippen LogP) is 3.19. The van der Waals surface area contributed by atoms with Crippen LogP contribution < -0.4 is 5.32 Å². The van der Waals surface area contributed by atoms with Crippen LogP contribution in [-0.4, -0.2) is 47.2 Å². The third-order valence-electron chi connectivity index (χ3n) is 3.65. The summed E-state index contributed by atoms with van der Waals surface area (Å²) >= 11 is 0. The lowest BCUT2D eigenvalue weighted by atomic mass is 10.0. The van der Waals surface area contributed by atoms with Crippen molar-refractivity contribution in [2.45, 2.75) is 65.2 Å². The van der Waals surface area contributed by atoms with Crippen LogP contribution in [0.5, 0.6) is 0 Å². The summed E-state index contributed by atoms with van der Waals surface area (Å²) in [7, 11) is 0. The van der Waals surface area contributed by atoms with Crippen LogP contribution in [0.4, 0.5) is 4.79 Å². The molecule has 0 heterocycles. The maximum atomic E-state index is 12.3. The molecule has 0 aliphatic rings. The van der Waals surface area contributed by atoms with Gasteiger partial charge in [-0.15, -0.1) is 0 Å². The zero-order valence-electron chi connectivity index (χ0n) is 17.8. The SMILES string of the molecule is CCOC(=O)C/C(C[C@@H](CC(=O)OCc1ccccc1)NC(=O)OC(C)(C)C)=N\O. The van der Waals surface area contributed by atoms with Gasteiger partial charge in [0.25, 0.3) is 0 Å². The van der Waals surface area contributed by atoms with Gasteiger partial charge in [0.1, 0.15) is 12.2 Å². The molecule has 9 heteroatoms. The number of benzene rings is 1. The summed E-state index contributed by atoms with van der Waals surface area (Å²) in [5.41, 5.74) is 0.147. The molecule has 0 aliphatic heterocycles. The Bertz CT molecular complexity index is 727. The lowest BCUT2D eigenvalue weighted by Crippen LogP contribution is -2.41. The van der Waals surface area contributed by atoms with Crippen LogP contribution in [0, 0.1) is 0 Å². The molecule has 0 radical (unpaired) electrons. The number of esters is 2. The Balaban J connectivity index is 2.76. The number of rotatable bonds is 10. The van der Waals surface area contributed by atoms with Crippen LogP contribution in [0.25, 0.3) is 0 Å². The minimum atomic E-state index is -0.802. The van der Waals surface area contributed by atoms with Crippen molar-refractivity contribution in [1.82, 2.24) is 5.32 Å². The summed E-state index contributed by atoms with van der Waals surface area (Å²) in [5.74, 6) is -1.14. The number of carbonyl (C=O) groups excluding carboxylic acids is 3. The molecule has 0 spiro atoms. The average Bonchev–Trinajstić information content (AvgIpc) is 2.65. The topological polar surface area (TPSA) is 124 Å². The van der Waals surface area contributed by atoms with Gasteiger partial charge < -0.3 is 24.7 Å². The number of alkyl carbamates (subject to hydrolysis) is 1. The minimum absolute atomic E-state index is 0.0605. The van der Waals surface area contributed by atoms with Crippen LogP contribution in [0.3, 0.4) is 0 Å². The Morgan fingerprint density at radius 1 is 1.07 bits per heavy atom. The molecule has 1 aromatic rings. The molecular formula is C21H30N2O7. The van der Waals surface area contributed by atoms with Crippen LogP contribution in [0.1, 0.15) is 52.5 Å². The molecule has 166 valence electrons. The highest BCUT2D eigenvalue weighted by Crippen LogP contribution is 2.11. The fourth-order valence-electron chi connectivity index (χ4n) is 2.46. The third-order valence-corrected chi connectivity index (χ3v) is 3.65. The smallest absolute Gasteiger partial charge is 0.407 e. The highest BCUT2D eigenvalue weighted by molar-refractivity contribution is 5.99. The van der Waals surface area contributed by atoms with E-state index in [-0.39, 0.29) is 38.2 Å². The van der Waals surface area contributed by atoms with Crippen LogP contribution in [0.15, 0.2) is 35.5 Å². The van der Waals surface area contributed by atoms with Gasteiger partial charge in [0.15, 0.2) is 0 Å². The van der Waals surface area contributed by atoms with Gasteiger partial charge in [-0.2, -0.15) is 0 Å². The molecule has 0 saturated heterocycles. The first-order chi connectivity index (χ1) is 14.1. The van der Waals surface area contributed by atoms with Gasteiger partial charge in [0.2, 0.25) is 0 Å². The minimum Gasteiger partial charge on any atom is -0.466 e. The molecule has 9 nitrogen and oxygen atoms in total. The number of amides is 1. The largest absolute Gasteiger partial charge is 0.466 e. The molecule has 0 saturated carbocycles. The van der Waals surface area contributed by atoms with E-state index >= 15 is 0 Å². The number of nitrogens with one attached hydrogen (secondary N) is 1. The molecule has 30 heavy (non-hydrogen) atoms. The predicted molar refractivity (Wildman–Crippen MR) is 109 cm³/mol. The summed E-state index contributed by atoms with van der Waals surface area (Å²) in [5, 5.41) is 14.9. The van der Waals surface area contributed by atoms with E-state index in [0.717, 1.165) is 5.56 Å². The van der Waals surface area contributed by atoms with E-state index in [4.69, 9.17) is 14.2 Å². The van der Waals surface area contributed by atoms with E-state index in [1.807, 2.05) is 30.3 Å². The second-order valence-electron chi connectivity index (χ2n) is 7.55. The van der Waals surface area contributed by atoms with Crippen LogP contribution >= 0.6 is 0 Å². The lowest BCUT2D eigenvalue weighted by molar-refractivity contribution is -0.145. The van der Waals surface area contributed by atoms with Crippen molar-refractivity contribution >= 4 is 23.7 Å². The summed E-state index contributed by atoms with van der Waals surface area (Å²) < 4.78 is 15.3. The summed E-state index contributed by atoms with van der Waals surface area (Å²) in [6.07, 6.45) is -1.27. The zero-order chi connectivity index (χ0) is 22.6. The number of carbonyl (C=O) groups is 3. The van der Waals surface area contributed by atoms with Crippen LogP contribution in [0.2, 0.25) is 0 Å². The molecule has 1 rings (SSSR count). The van der Waals surface area contributed by atoms with Gasteiger partial charge >= 0.3 is 18.0 Å². The monoisotopic (exact) mass is 422 g/mol. The average molecular weight is 422 g/mol. The first-order valence-corrected chi connectivity index (χ1v) is 9.67. The number of hydrogen-bond acceptors (Lipinski definition) is 8. The highest BCUT2D eigenvalue weighted by atomic mass is 16.6. The van der Waals surface area contributed by atoms with Crippen LogP contribution in [-0.2, 0) is 30.4 Å². The van der Waals surface area contributed by atoms with Gasteiger partial charge in [-0.25, -0.2) is 4.79 Å². The van der Waals surface area contributed by atoms with E-state index in [1.165, 1.54) is 0 Å². The Kier molecular flexibility index (Phi) is 10.4. The third kappa shape index (κ3) is 11.0. The van der Waals surface area contributed by atoms with E-state index in [9.17, 15) is 19.6 Å². The number of nitrogens with zero attached hydrogens (tertiary/aromatic N) is 1. The molecule has 1 amide bonds.